The lowest BCUT2D eigenvalue weighted by Gasteiger charge is -2.28. The van der Waals surface area contributed by atoms with Crippen molar-refractivity contribution in [3.8, 4) is 0 Å². The third kappa shape index (κ3) is 7.51. The van der Waals surface area contributed by atoms with Gasteiger partial charge in [0, 0.05) is 18.9 Å². The van der Waals surface area contributed by atoms with Crippen molar-refractivity contribution in [3.63, 3.8) is 0 Å². The molecule has 2 saturated heterocycles. The molecular weight excluding hydrogens is 412 g/mol. The zero-order chi connectivity index (χ0) is 22.8. The van der Waals surface area contributed by atoms with Gasteiger partial charge in [-0.05, 0) is 37.2 Å². The van der Waals surface area contributed by atoms with Gasteiger partial charge in [-0.25, -0.2) is 4.79 Å². The molecule has 2 amide bonds. The van der Waals surface area contributed by atoms with E-state index in [0.29, 0.717) is 18.4 Å². The Balaban J connectivity index is 1.31. The Morgan fingerprint density at radius 3 is 2.44 bits per heavy atom. The zero-order valence-electron chi connectivity index (χ0n) is 18.5. The minimum atomic E-state index is -0.735. The van der Waals surface area contributed by atoms with Crippen molar-refractivity contribution in [3.05, 3.63) is 35.9 Å². The molecule has 0 aliphatic carbocycles. The van der Waals surface area contributed by atoms with Crippen molar-refractivity contribution < 1.29 is 29.0 Å². The molecule has 2 aliphatic heterocycles. The quantitative estimate of drug-likeness (QED) is 0.401. The summed E-state index contributed by atoms with van der Waals surface area (Å²) >= 11 is 0. The highest BCUT2D eigenvalue weighted by molar-refractivity contribution is 5.82. The summed E-state index contributed by atoms with van der Waals surface area (Å²) in [7, 11) is 0. The molecule has 1 aromatic carbocycles. The molecule has 2 fully saturated rings. The maximum Gasteiger partial charge on any atom is 0.407 e. The van der Waals surface area contributed by atoms with Gasteiger partial charge in [0.1, 0.15) is 6.61 Å². The molecule has 176 valence electrons. The van der Waals surface area contributed by atoms with Gasteiger partial charge in [-0.2, -0.15) is 0 Å². The van der Waals surface area contributed by atoms with E-state index < -0.39 is 12.1 Å². The van der Waals surface area contributed by atoms with E-state index in [1.165, 1.54) is 0 Å². The maximum absolute atomic E-state index is 12.2. The van der Waals surface area contributed by atoms with Crippen LogP contribution in [-0.2, 0) is 25.7 Å². The smallest absolute Gasteiger partial charge is 0.407 e. The van der Waals surface area contributed by atoms with Crippen LogP contribution in [0, 0.1) is 11.8 Å². The van der Waals surface area contributed by atoms with Gasteiger partial charge < -0.3 is 25.2 Å². The number of hydrogen-bond acceptors (Lipinski definition) is 5. The third-order valence-electron chi connectivity index (χ3n) is 6.41. The van der Waals surface area contributed by atoms with Gasteiger partial charge in [0.15, 0.2) is 0 Å². The van der Waals surface area contributed by atoms with E-state index in [-0.39, 0.29) is 37.7 Å². The molecule has 0 unspecified atom stereocenters. The normalized spacial score (nSPS) is 23.6. The average Bonchev–Trinajstić information content (AvgIpc) is 3.39. The molecule has 0 saturated carbocycles. The first-order valence-corrected chi connectivity index (χ1v) is 11.6. The summed E-state index contributed by atoms with van der Waals surface area (Å²) in [6, 6.07) is 9.36. The highest BCUT2D eigenvalue weighted by Crippen LogP contribution is 2.45. The minimum absolute atomic E-state index is 0.121. The summed E-state index contributed by atoms with van der Waals surface area (Å²) in [5.74, 6) is -0.253. The predicted molar refractivity (Wildman–Crippen MR) is 118 cm³/mol. The molecule has 8 heteroatoms. The third-order valence-corrected chi connectivity index (χ3v) is 6.41. The lowest BCUT2D eigenvalue weighted by Crippen LogP contribution is -2.42. The second-order valence-electron chi connectivity index (χ2n) is 8.68. The van der Waals surface area contributed by atoms with E-state index in [9.17, 15) is 14.4 Å². The standard InChI is InChI=1S/C24H34N2O6/c27-22(15-26-24(30)31-16-17-8-4-3-5-9-17)25-14-19-18(20-12-13-21(19)32-20)10-6-1-2-7-11-23(28)29/h3-5,8-9,18-21H,1-2,6-7,10-16H2,(H,25,27)(H,26,30)(H,28,29)/t18-,19+,20+,21+/m1/s1. The Bertz CT molecular complexity index is 756. The Labute approximate surface area is 189 Å². The van der Waals surface area contributed by atoms with Crippen LogP contribution < -0.4 is 10.6 Å². The lowest BCUT2D eigenvalue weighted by atomic mass is 9.76. The fraction of sp³-hybridized carbons (Fsp3) is 0.625. The molecule has 0 spiro atoms. The minimum Gasteiger partial charge on any atom is -0.481 e. The highest BCUT2D eigenvalue weighted by atomic mass is 16.5. The zero-order valence-corrected chi connectivity index (χ0v) is 18.5. The number of amides is 2. The van der Waals surface area contributed by atoms with Gasteiger partial charge in [0.2, 0.25) is 5.91 Å². The number of carbonyl (C=O) groups is 3. The number of carboxylic acids is 1. The summed E-state index contributed by atoms with van der Waals surface area (Å²) in [6.07, 6.45) is 6.97. The summed E-state index contributed by atoms with van der Waals surface area (Å²) in [5, 5.41) is 14.1. The van der Waals surface area contributed by atoms with Crippen LogP contribution in [0.4, 0.5) is 4.79 Å². The molecule has 0 aromatic heterocycles. The molecule has 8 nitrogen and oxygen atoms in total. The molecular formula is C24H34N2O6. The summed E-state index contributed by atoms with van der Waals surface area (Å²) < 4.78 is 11.2. The van der Waals surface area contributed by atoms with Crippen molar-refractivity contribution in [2.24, 2.45) is 11.8 Å². The van der Waals surface area contributed by atoms with Gasteiger partial charge in [-0.3, -0.25) is 9.59 Å². The van der Waals surface area contributed by atoms with Crippen LogP contribution in [0.2, 0.25) is 0 Å². The van der Waals surface area contributed by atoms with E-state index in [0.717, 1.165) is 50.5 Å². The molecule has 4 atom stereocenters. The first-order chi connectivity index (χ1) is 15.5. The molecule has 3 N–H and O–H groups in total. The number of nitrogens with one attached hydrogen (secondary N) is 2. The lowest BCUT2D eigenvalue weighted by molar-refractivity contribution is -0.137. The number of alkyl carbamates (subject to hydrolysis) is 1. The molecule has 0 radical (unpaired) electrons. The SMILES string of the molecule is O=C(O)CCCCCC[C@@H]1[C@H](CNC(=O)CNC(=O)OCc2ccccc2)[C@@H]2CC[C@@H]1O2. The molecule has 3 rings (SSSR count). The van der Waals surface area contributed by atoms with Crippen LogP contribution in [0.1, 0.15) is 56.9 Å². The number of rotatable bonds is 13. The molecule has 2 heterocycles. The van der Waals surface area contributed by atoms with Gasteiger partial charge in [-0.1, -0.05) is 49.6 Å². The monoisotopic (exact) mass is 446 g/mol. The average molecular weight is 447 g/mol. The predicted octanol–water partition coefficient (Wildman–Crippen LogP) is 3.25. The van der Waals surface area contributed by atoms with Gasteiger partial charge in [0.05, 0.1) is 18.8 Å². The summed E-state index contributed by atoms with van der Waals surface area (Å²) in [5.41, 5.74) is 0.885. The Morgan fingerprint density at radius 1 is 0.969 bits per heavy atom. The second kappa shape index (κ2) is 12.4. The highest BCUT2D eigenvalue weighted by Gasteiger charge is 2.48. The fourth-order valence-corrected chi connectivity index (χ4v) is 4.78. The van der Waals surface area contributed by atoms with Gasteiger partial charge in [-0.15, -0.1) is 0 Å². The summed E-state index contributed by atoms with van der Waals surface area (Å²) in [6.45, 7) is 0.586. The van der Waals surface area contributed by atoms with Crippen LogP contribution in [0.15, 0.2) is 30.3 Å². The van der Waals surface area contributed by atoms with Crippen molar-refractivity contribution in [1.29, 1.82) is 0 Å². The Kier molecular flexibility index (Phi) is 9.34. The van der Waals surface area contributed by atoms with E-state index in [1.807, 2.05) is 30.3 Å². The van der Waals surface area contributed by atoms with E-state index >= 15 is 0 Å². The molecule has 2 bridgehead atoms. The largest absolute Gasteiger partial charge is 0.481 e. The van der Waals surface area contributed by atoms with Crippen molar-refractivity contribution in [2.45, 2.75) is 70.2 Å². The number of carbonyl (C=O) groups excluding carboxylic acids is 2. The first kappa shape index (κ1) is 24.0. The van der Waals surface area contributed by atoms with Crippen molar-refractivity contribution in [2.75, 3.05) is 13.1 Å². The number of aliphatic carboxylic acids is 1. The molecule has 2 aliphatic rings. The fourth-order valence-electron chi connectivity index (χ4n) is 4.78. The number of ether oxygens (including phenoxy) is 2. The number of unbranched alkanes of at least 4 members (excludes halogenated alkanes) is 3. The van der Waals surface area contributed by atoms with Crippen LogP contribution in [0.25, 0.3) is 0 Å². The number of fused-ring (bicyclic) bond motifs is 2. The topological polar surface area (TPSA) is 114 Å². The second-order valence-corrected chi connectivity index (χ2v) is 8.68. The Hall–Kier alpha value is -2.61. The van der Waals surface area contributed by atoms with Crippen LogP contribution in [-0.4, -0.2) is 48.4 Å². The number of carboxylic acid groups (broad SMARTS) is 1. The van der Waals surface area contributed by atoms with Crippen LogP contribution in [0.5, 0.6) is 0 Å². The van der Waals surface area contributed by atoms with Crippen LogP contribution in [0.3, 0.4) is 0 Å². The van der Waals surface area contributed by atoms with E-state index in [2.05, 4.69) is 10.6 Å². The van der Waals surface area contributed by atoms with E-state index in [4.69, 9.17) is 14.6 Å². The van der Waals surface area contributed by atoms with Crippen molar-refractivity contribution >= 4 is 18.0 Å². The summed E-state index contributed by atoms with van der Waals surface area (Å²) in [4.78, 5) is 34.6. The van der Waals surface area contributed by atoms with E-state index in [1.54, 1.807) is 0 Å². The first-order valence-electron chi connectivity index (χ1n) is 11.6. The Morgan fingerprint density at radius 2 is 1.69 bits per heavy atom. The number of hydrogen-bond donors (Lipinski definition) is 3. The van der Waals surface area contributed by atoms with Crippen LogP contribution >= 0.6 is 0 Å². The maximum atomic E-state index is 12.2. The van der Waals surface area contributed by atoms with Gasteiger partial charge in [0.25, 0.3) is 0 Å². The van der Waals surface area contributed by atoms with Crippen molar-refractivity contribution in [1.82, 2.24) is 10.6 Å². The molecule has 32 heavy (non-hydrogen) atoms. The molecule has 1 aromatic rings. The van der Waals surface area contributed by atoms with Gasteiger partial charge >= 0.3 is 12.1 Å². The number of benzene rings is 1.